The van der Waals surface area contributed by atoms with E-state index >= 15 is 0 Å². The second-order valence-electron chi connectivity index (χ2n) is 12.1. The van der Waals surface area contributed by atoms with Gasteiger partial charge in [-0.15, -0.1) is 35.9 Å². The van der Waals surface area contributed by atoms with Crippen LogP contribution >= 0.6 is 0 Å². The van der Waals surface area contributed by atoms with Crippen LogP contribution in [0.15, 0.2) is 48.7 Å². The molecule has 0 bridgehead atoms. The molecule has 1 radical (unpaired) electrons. The Hall–Kier alpha value is -1.06. The first kappa shape index (κ1) is 28.9. The van der Waals surface area contributed by atoms with Crippen LogP contribution in [0.5, 0.6) is 0 Å². The molecule has 6 rings (SSSR count). The fourth-order valence-electron chi connectivity index (χ4n) is 8.31. The second kappa shape index (κ2) is 14.4. The van der Waals surface area contributed by atoms with Crippen LogP contribution in [0.2, 0.25) is 0 Å². The van der Waals surface area contributed by atoms with E-state index in [-0.39, 0.29) is 38.2 Å². The largest absolute Gasteiger partial charge is 0.392 e. The fourth-order valence-corrected chi connectivity index (χ4v) is 8.31. The summed E-state index contributed by atoms with van der Waals surface area (Å²) in [5.74, 6) is 3.16. The molecule has 3 nitrogen and oxygen atoms in total. The SMILES string of the molecule is OC1C2C(CCC[C@@H]1C1CCCC1)CCC[C@@H](C1CCCC1)C2O.[Ir].[c-]1ccccc1-c1ccccn1. The van der Waals surface area contributed by atoms with Crippen LogP contribution in [-0.4, -0.2) is 27.4 Å². The van der Waals surface area contributed by atoms with Gasteiger partial charge in [-0.1, -0.05) is 76.3 Å². The Labute approximate surface area is 238 Å². The van der Waals surface area contributed by atoms with Crippen LogP contribution in [0.4, 0.5) is 0 Å². The molecular formula is C33H46IrNO2-. The molecule has 4 aliphatic rings. The maximum Gasteiger partial charge on any atom is 0.0626 e. The average Bonchev–Trinajstić information content (AvgIpc) is 3.60. The minimum absolute atomic E-state index is 0. The number of hydrogen-bond acceptors (Lipinski definition) is 3. The second-order valence-corrected chi connectivity index (χ2v) is 12.1. The zero-order valence-corrected chi connectivity index (χ0v) is 24.7. The third-order valence-electron chi connectivity index (χ3n) is 10.1. The molecule has 2 N–H and O–H groups in total. The van der Waals surface area contributed by atoms with Gasteiger partial charge in [0, 0.05) is 32.2 Å². The summed E-state index contributed by atoms with van der Waals surface area (Å²) < 4.78 is 0. The topological polar surface area (TPSA) is 53.4 Å². The molecule has 0 saturated heterocycles. The predicted octanol–water partition coefficient (Wildman–Crippen LogP) is 7.47. The van der Waals surface area contributed by atoms with E-state index in [1.165, 1.54) is 89.9 Å². The van der Waals surface area contributed by atoms with Gasteiger partial charge in [0.1, 0.15) is 0 Å². The molecule has 0 aliphatic heterocycles. The van der Waals surface area contributed by atoms with Gasteiger partial charge in [0.25, 0.3) is 0 Å². The van der Waals surface area contributed by atoms with E-state index in [0.717, 1.165) is 23.1 Å². The zero-order valence-electron chi connectivity index (χ0n) is 22.3. The Bertz CT molecular complexity index is 824. The van der Waals surface area contributed by atoms with Gasteiger partial charge in [-0.05, 0) is 67.0 Å². The molecule has 1 aromatic carbocycles. The van der Waals surface area contributed by atoms with Crippen molar-refractivity contribution in [2.24, 2.45) is 35.5 Å². The molecule has 4 fully saturated rings. The summed E-state index contributed by atoms with van der Waals surface area (Å²) in [7, 11) is 0. The summed E-state index contributed by atoms with van der Waals surface area (Å²) in [6.45, 7) is 0. The summed E-state index contributed by atoms with van der Waals surface area (Å²) in [5, 5.41) is 22.8. The number of aromatic nitrogens is 1. The van der Waals surface area contributed by atoms with Crippen molar-refractivity contribution < 1.29 is 30.3 Å². The van der Waals surface area contributed by atoms with Gasteiger partial charge in [-0.3, -0.25) is 0 Å². The van der Waals surface area contributed by atoms with E-state index in [9.17, 15) is 10.2 Å². The van der Waals surface area contributed by atoms with E-state index in [0.29, 0.717) is 17.8 Å². The minimum Gasteiger partial charge on any atom is -0.392 e. The molecule has 4 heteroatoms. The molecule has 1 aromatic heterocycles. The van der Waals surface area contributed by atoms with E-state index in [1.54, 1.807) is 6.20 Å². The molecule has 37 heavy (non-hydrogen) atoms. The number of aliphatic hydroxyl groups is 2. The van der Waals surface area contributed by atoms with E-state index in [1.807, 2.05) is 42.5 Å². The van der Waals surface area contributed by atoms with Gasteiger partial charge in [-0.2, -0.15) is 0 Å². The van der Waals surface area contributed by atoms with Crippen LogP contribution < -0.4 is 0 Å². The normalized spacial score (nSPS) is 32.8. The summed E-state index contributed by atoms with van der Waals surface area (Å²) in [5.41, 5.74) is 2.01. The number of benzene rings is 1. The molecule has 2 aromatic rings. The number of nitrogens with zero attached hydrogens (tertiary/aromatic N) is 1. The molecule has 6 atom stereocenters. The number of fused-ring (bicyclic) bond motifs is 1. The molecule has 4 aliphatic carbocycles. The van der Waals surface area contributed by atoms with Gasteiger partial charge in [-0.25, -0.2) is 0 Å². The average molecular weight is 681 g/mol. The molecular weight excluding hydrogens is 635 g/mol. The quantitative estimate of drug-likeness (QED) is 0.331. The smallest absolute Gasteiger partial charge is 0.0626 e. The Morgan fingerprint density at radius 1 is 0.622 bits per heavy atom. The van der Waals surface area contributed by atoms with Crippen LogP contribution in [0, 0.1) is 41.6 Å². The van der Waals surface area contributed by atoms with Crippen LogP contribution in [0.3, 0.4) is 0 Å². The van der Waals surface area contributed by atoms with E-state index in [2.05, 4.69) is 11.1 Å². The van der Waals surface area contributed by atoms with Crippen molar-refractivity contribution in [1.29, 1.82) is 0 Å². The molecule has 1 heterocycles. The van der Waals surface area contributed by atoms with Crippen LogP contribution in [0.1, 0.15) is 89.9 Å². The summed E-state index contributed by atoms with van der Waals surface area (Å²) in [4.78, 5) is 4.22. The Balaban J connectivity index is 0.000000208. The number of rotatable bonds is 3. The third-order valence-corrected chi connectivity index (χ3v) is 10.1. The molecule has 0 amide bonds. The maximum absolute atomic E-state index is 11.4. The first-order chi connectivity index (χ1) is 17.7. The zero-order chi connectivity index (χ0) is 24.7. The van der Waals surface area contributed by atoms with E-state index < -0.39 is 0 Å². The monoisotopic (exact) mass is 681 g/mol. The standard InChI is InChI=1S/C22H38O2.C11H8N.Ir/c23-21-18(15-7-1-2-8-15)13-5-11-17-12-6-14-19(22(24)20(17)21)16-9-3-4-10-16;1-2-6-10(7-3-1)11-8-4-5-9-12-11;/h15-24H,1-14H2;1-6,8-9H;/q;-1;/t17?,18-,19+,20?,21?,22?;;. The first-order valence-electron chi connectivity index (χ1n) is 15.0. The molecule has 4 saturated carbocycles. The molecule has 4 unspecified atom stereocenters. The van der Waals surface area contributed by atoms with Crippen molar-refractivity contribution in [1.82, 2.24) is 4.98 Å². The molecule has 205 valence electrons. The number of aliphatic hydroxyl groups excluding tert-OH is 2. The van der Waals surface area contributed by atoms with Gasteiger partial charge >= 0.3 is 0 Å². The minimum atomic E-state index is -0.238. The number of hydrogen-bond donors (Lipinski definition) is 2. The summed E-state index contributed by atoms with van der Waals surface area (Å²) in [6.07, 6.45) is 19.5. The Morgan fingerprint density at radius 2 is 1.16 bits per heavy atom. The van der Waals surface area contributed by atoms with Crippen molar-refractivity contribution in [3.8, 4) is 11.3 Å². The van der Waals surface area contributed by atoms with Crippen molar-refractivity contribution in [3.05, 3.63) is 54.7 Å². The van der Waals surface area contributed by atoms with Crippen molar-refractivity contribution in [2.45, 2.75) is 102 Å². The Morgan fingerprint density at radius 3 is 1.65 bits per heavy atom. The Kier molecular flexibility index (Phi) is 11.2. The summed E-state index contributed by atoms with van der Waals surface area (Å²) >= 11 is 0. The fraction of sp³-hybridized carbons (Fsp3) is 0.667. The van der Waals surface area contributed by atoms with Gasteiger partial charge in [0.2, 0.25) is 0 Å². The number of pyridine rings is 1. The maximum atomic E-state index is 11.4. The first-order valence-corrected chi connectivity index (χ1v) is 15.0. The van der Waals surface area contributed by atoms with Gasteiger partial charge in [0.05, 0.1) is 12.2 Å². The van der Waals surface area contributed by atoms with Crippen LogP contribution in [-0.2, 0) is 20.1 Å². The van der Waals surface area contributed by atoms with Crippen molar-refractivity contribution in [3.63, 3.8) is 0 Å². The third kappa shape index (κ3) is 7.13. The van der Waals surface area contributed by atoms with Crippen molar-refractivity contribution >= 4 is 0 Å². The van der Waals surface area contributed by atoms with Crippen molar-refractivity contribution in [2.75, 3.05) is 0 Å². The van der Waals surface area contributed by atoms with Gasteiger partial charge < -0.3 is 15.2 Å². The predicted molar refractivity (Wildman–Crippen MR) is 146 cm³/mol. The van der Waals surface area contributed by atoms with Crippen LogP contribution in [0.25, 0.3) is 11.3 Å². The van der Waals surface area contributed by atoms with Gasteiger partial charge in [0.15, 0.2) is 0 Å². The molecule has 0 spiro atoms. The summed E-state index contributed by atoms with van der Waals surface area (Å²) in [6, 6.07) is 16.8. The van der Waals surface area contributed by atoms with E-state index in [4.69, 9.17) is 0 Å².